The maximum atomic E-state index is 12.0. The van der Waals surface area contributed by atoms with Crippen molar-refractivity contribution in [2.45, 2.75) is 50.2 Å². The SMILES string of the molecule is CSC1(CNC(=O)NCC2(C)CCCC2)CCOCC1. The first-order valence-corrected chi connectivity index (χ1v) is 8.95. The molecule has 0 spiro atoms. The Morgan fingerprint density at radius 1 is 1.10 bits per heavy atom. The minimum Gasteiger partial charge on any atom is -0.381 e. The maximum absolute atomic E-state index is 12.0. The Bertz CT molecular complexity index is 324. The molecule has 1 saturated carbocycles. The fourth-order valence-electron chi connectivity index (χ4n) is 3.20. The lowest BCUT2D eigenvalue weighted by molar-refractivity contribution is 0.0777. The van der Waals surface area contributed by atoms with Gasteiger partial charge in [-0.1, -0.05) is 19.8 Å². The van der Waals surface area contributed by atoms with Crippen LogP contribution in [0, 0.1) is 5.41 Å². The van der Waals surface area contributed by atoms with Gasteiger partial charge in [0.1, 0.15) is 0 Å². The summed E-state index contributed by atoms with van der Waals surface area (Å²) in [6.07, 6.45) is 9.24. The summed E-state index contributed by atoms with van der Waals surface area (Å²) in [5.74, 6) is 0. The van der Waals surface area contributed by atoms with Crippen LogP contribution in [0.4, 0.5) is 4.79 Å². The average molecular weight is 300 g/mol. The zero-order valence-electron chi connectivity index (χ0n) is 12.8. The lowest BCUT2D eigenvalue weighted by atomic mass is 9.89. The Kier molecular flexibility index (Phi) is 5.61. The van der Waals surface area contributed by atoms with Gasteiger partial charge in [-0.15, -0.1) is 0 Å². The number of ether oxygens (including phenoxy) is 1. The molecule has 0 aromatic rings. The van der Waals surface area contributed by atoms with Gasteiger partial charge in [0.15, 0.2) is 0 Å². The highest BCUT2D eigenvalue weighted by molar-refractivity contribution is 8.00. The van der Waals surface area contributed by atoms with Gasteiger partial charge in [0.2, 0.25) is 0 Å². The van der Waals surface area contributed by atoms with Crippen molar-refractivity contribution in [3.8, 4) is 0 Å². The van der Waals surface area contributed by atoms with E-state index in [2.05, 4.69) is 23.8 Å². The molecular weight excluding hydrogens is 272 g/mol. The van der Waals surface area contributed by atoms with Gasteiger partial charge in [-0.2, -0.15) is 11.8 Å². The van der Waals surface area contributed by atoms with E-state index in [4.69, 9.17) is 4.74 Å². The zero-order valence-corrected chi connectivity index (χ0v) is 13.6. The van der Waals surface area contributed by atoms with E-state index in [1.807, 2.05) is 11.8 Å². The number of nitrogens with one attached hydrogen (secondary N) is 2. The third-order valence-electron chi connectivity index (χ3n) is 4.89. The number of amides is 2. The Balaban J connectivity index is 1.71. The number of rotatable bonds is 5. The highest BCUT2D eigenvalue weighted by Crippen LogP contribution is 2.36. The largest absolute Gasteiger partial charge is 0.381 e. The molecule has 0 radical (unpaired) electrons. The molecule has 20 heavy (non-hydrogen) atoms. The molecule has 0 unspecified atom stereocenters. The molecule has 2 aliphatic rings. The summed E-state index contributed by atoms with van der Waals surface area (Å²) in [6.45, 7) is 5.43. The van der Waals surface area contributed by atoms with Crippen LogP contribution in [-0.2, 0) is 4.74 Å². The van der Waals surface area contributed by atoms with E-state index in [-0.39, 0.29) is 10.8 Å². The minimum atomic E-state index is -0.0157. The Morgan fingerprint density at radius 3 is 2.30 bits per heavy atom. The van der Waals surface area contributed by atoms with Gasteiger partial charge < -0.3 is 15.4 Å². The summed E-state index contributed by atoms with van der Waals surface area (Å²) >= 11 is 1.86. The summed E-state index contributed by atoms with van der Waals surface area (Å²) in [7, 11) is 0. The summed E-state index contributed by atoms with van der Waals surface area (Å²) in [4.78, 5) is 12.0. The molecule has 116 valence electrons. The van der Waals surface area contributed by atoms with E-state index in [0.29, 0.717) is 5.41 Å². The van der Waals surface area contributed by atoms with Crippen LogP contribution < -0.4 is 10.6 Å². The quantitative estimate of drug-likeness (QED) is 0.821. The van der Waals surface area contributed by atoms with E-state index in [1.54, 1.807) is 0 Å². The van der Waals surface area contributed by atoms with Crippen molar-refractivity contribution in [3.05, 3.63) is 0 Å². The van der Waals surface area contributed by atoms with Crippen LogP contribution in [0.15, 0.2) is 0 Å². The molecule has 1 aliphatic heterocycles. The van der Waals surface area contributed by atoms with Crippen molar-refractivity contribution < 1.29 is 9.53 Å². The van der Waals surface area contributed by atoms with Crippen LogP contribution >= 0.6 is 11.8 Å². The molecule has 2 rings (SSSR count). The standard InChI is InChI=1S/C15H28N2O2S/c1-14(5-3-4-6-14)11-16-13(18)17-12-15(20-2)7-9-19-10-8-15/h3-12H2,1-2H3,(H2,16,17,18). The summed E-state index contributed by atoms with van der Waals surface area (Å²) < 4.78 is 5.58. The molecule has 2 amide bonds. The fraction of sp³-hybridized carbons (Fsp3) is 0.933. The van der Waals surface area contributed by atoms with Crippen LogP contribution in [0.1, 0.15) is 45.4 Å². The molecule has 5 heteroatoms. The lowest BCUT2D eigenvalue weighted by Crippen LogP contribution is -2.48. The van der Waals surface area contributed by atoms with Gasteiger partial charge in [-0.3, -0.25) is 0 Å². The van der Waals surface area contributed by atoms with Crippen molar-refractivity contribution in [2.75, 3.05) is 32.6 Å². The van der Waals surface area contributed by atoms with Gasteiger partial charge in [0.25, 0.3) is 0 Å². The Hall–Kier alpha value is -0.420. The second-order valence-corrected chi connectivity index (χ2v) is 7.83. The highest BCUT2D eigenvalue weighted by Gasteiger charge is 2.33. The molecule has 1 saturated heterocycles. The van der Waals surface area contributed by atoms with E-state index in [1.165, 1.54) is 25.7 Å². The smallest absolute Gasteiger partial charge is 0.314 e. The van der Waals surface area contributed by atoms with Gasteiger partial charge in [-0.05, 0) is 37.4 Å². The first kappa shape index (κ1) is 16.0. The van der Waals surface area contributed by atoms with Crippen molar-refractivity contribution in [2.24, 2.45) is 5.41 Å². The first-order chi connectivity index (χ1) is 9.58. The Morgan fingerprint density at radius 2 is 1.70 bits per heavy atom. The third-order valence-corrected chi connectivity index (χ3v) is 6.31. The monoisotopic (exact) mass is 300 g/mol. The summed E-state index contributed by atoms with van der Waals surface area (Å²) in [6, 6.07) is -0.0157. The van der Waals surface area contributed by atoms with Crippen LogP contribution in [0.3, 0.4) is 0 Å². The molecule has 0 aromatic carbocycles. The highest BCUT2D eigenvalue weighted by atomic mass is 32.2. The van der Waals surface area contributed by atoms with Crippen molar-refractivity contribution >= 4 is 17.8 Å². The topological polar surface area (TPSA) is 50.4 Å². The van der Waals surface area contributed by atoms with E-state index < -0.39 is 0 Å². The van der Waals surface area contributed by atoms with Crippen LogP contribution in [0.25, 0.3) is 0 Å². The second-order valence-electron chi connectivity index (χ2n) is 6.55. The average Bonchev–Trinajstić information content (AvgIpc) is 2.91. The van der Waals surface area contributed by atoms with Crippen LogP contribution in [-0.4, -0.2) is 43.3 Å². The van der Waals surface area contributed by atoms with Gasteiger partial charge >= 0.3 is 6.03 Å². The van der Waals surface area contributed by atoms with Crippen molar-refractivity contribution in [1.82, 2.24) is 10.6 Å². The molecule has 2 N–H and O–H groups in total. The molecule has 4 nitrogen and oxygen atoms in total. The predicted octanol–water partition coefficient (Wildman–Crippen LogP) is 2.78. The van der Waals surface area contributed by atoms with Crippen LogP contribution in [0.2, 0.25) is 0 Å². The molecule has 0 aromatic heterocycles. The van der Waals surface area contributed by atoms with E-state index >= 15 is 0 Å². The third kappa shape index (κ3) is 4.29. The fourth-order valence-corrected chi connectivity index (χ4v) is 3.99. The number of thioether (sulfide) groups is 1. The molecule has 1 heterocycles. The number of hydrogen-bond acceptors (Lipinski definition) is 3. The van der Waals surface area contributed by atoms with Crippen molar-refractivity contribution in [3.63, 3.8) is 0 Å². The summed E-state index contributed by atoms with van der Waals surface area (Å²) in [5.41, 5.74) is 0.313. The molecule has 2 fully saturated rings. The number of carbonyl (C=O) groups excluding carboxylic acids is 1. The van der Waals surface area contributed by atoms with Gasteiger partial charge in [-0.25, -0.2) is 4.79 Å². The maximum Gasteiger partial charge on any atom is 0.314 e. The van der Waals surface area contributed by atoms with Crippen molar-refractivity contribution in [1.29, 1.82) is 0 Å². The lowest BCUT2D eigenvalue weighted by Gasteiger charge is -2.35. The molecule has 1 aliphatic carbocycles. The van der Waals surface area contributed by atoms with Gasteiger partial charge in [0, 0.05) is 31.1 Å². The number of carbonyl (C=O) groups is 1. The van der Waals surface area contributed by atoms with Crippen LogP contribution in [0.5, 0.6) is 0 Å². The van der Waals surface area contributed by atoms with Gasteiger partial charge in [0.05, 0.1) is 0 Å². The first-order valence-electron chi connectivity index (χ1n) is 7.72. The number of urea groups is 1. The normalized spacial score (nSPS) is 24.3. The zero-order chi connectivity index (χ0) is 14.5. The second kappa shape index (κ2) is 7.03. The Labute approximate surface area is 126 Å². The minimum absolute atomic E-state index is 0.0157. The summed E-state index contributed by atoms with van der Waals surface area (Å²) in [5, 5.41) is 6.11. The predicted molar refractivity (Wildman–Crippen MR) is 84.3 cm³/mol. The molecular formula is C15H28N2O2S. The number of hydrogen-bond donors (Lipinski definition) is 2. The molecule has 0 bridgehead atoms. The van der Waals surface area contributed by atoms with E-state index in [9.17, 15) is 4.79 Å². The molecule has 0 atom stereocenters. The van der Waals surface area contributed by atoms with E-state index in [0.717, 1.165) is 39.1 Å².